The second-order valence-corrected chi connectivity index (χ2v) is 7.06. The lowest BCUT2D eigenvalue weighted by molar-refractivity contribution is 0.0943. The van der Waals surface area contributed by atoms with E-state index in [1.165, 1.54) is 12.1 Å². The maximum atomic E-state index is 13.1. The van der Waals surface area contributed by atoms with Crippen LogP contribution in [0.15, 0.2) is 78.9 Å². The molecule has 4 rings (SSSR count). The summed E-state index contributed by atoms with van der Waals surface area (Å²) in [5, 5.41) is 7.56. The Balaban J connectivity index is 1.66. The molecule has 0 saturated carbocycles. The largest absolute Gasteiger partial charge is 0.497 e. The second kappa shape index (κ2) is 9.34. The Morgan fingerprint density at radius 3 is 2.09 bits per heavy atom. The topological polar surface area (TPSA) is 65.4 Å². The van der Waals surface area contributed by atoms with Gasteiger partial charge >= 0.3 is 0 Å². The molecule has 0 radical (unpaired) electrons. The van der Waals surface area contributed by atoms with Crippen LogP contribution >= 0.6 is 0 Å². The highest BCUT2D eigenvalue weighted by molar-refractivity contribution is 5.94. The van der Waals surface area contributed by atoms with Gasteiger partial charge in [0.2, 0.25) is 0 Å². The zero-order valence-electron chi connectivity index (χ0n) is 17.7. The minimum atomic E-state index is -0.318. The number of halogens is 1. The molecular formula is C25H22FN3O3. The minimum absolute atomic E-state index is 0.269. The van der Waals surface area contributed by atoms with E-state index in [0.717, 1.165) is 22.6 Å². The number of hydrogen-bond donors (Lipinski definition) is 1. The molecule has 1 amide bonds. The van der Waals surface area contributed by atoms with Crippen LogP contribution in [-0.4, -0.2) is 29.9 Å². The molecule has 0 aliphatic heterocycles. The molecule has 1 aromatic heterocycles. The Bertz CT molecular complexity index is 1200. The van der Waals surface area contributed by atoms with Gasteiger partial charge in [-0.05, 0) is 72.3 Å². The van der Waals surface area contributed by atoms with Crippen molar-refractivity contribution < 1.29 is 18.7 Å². The third kappa shape index (κ3) is 4.62. The molecule has 0 unspecified atom stereocenters. The number of ether oxygens (including phenoxy) is 2. The first kappa shape index (κ1) is 21.1. The molecule has 32 heavy (non-hydrogen) atoms. The van der Waals surface area contributed by atoms with Gasteiger partial charge in [0, 0.05) is 12.1 Å². The lowest BCUT2D eigenvalue weighted by Gasteiger charge is -2.09. The van der Waals surface area contributed by atoms with Gasteiger partial charge in [-0.3, -0.25) is 4.79 Å². The summed E-state index contributed by atoms with van der Waals surface area (Å²) in [4.78, 5) is 13.1. The quantitative estimate of drug-likeness (QED) is 0.464. The van der Waals surface area contributed by atoms with Gasteiger partial charge in [0.1, 0.15) is 23.0 Å². The third-order valence-corrected chi connectivity index (χ3v) is 5.01. The van der Waals surface area contributed by atoms with Crippen molar-refractivity contribution in [1.29, 1.82) is 0 Å². The van der Waals surface area contributed by atoms with E-state index in [9.17, 15) is 9.18 Å². The van der Waals surface area contributed by atoms with Crippen molar-refractivity contribution in [2.24, 2.45) is 0 Å². The molecule has 0 aliphatic rings. The fourth-order valence-corrected chi connectivity index (χ4v) is 3.24. The molecule has 0 fully saturated rings. The third-order valence-electron chi connectivity index (χ3n) is 5.01. The van der Waals surface area contributed by atoms with E-state index in [1.807, 2.05) is 48.5 Å². The lowest BCUT2D eigenvalue weighted by atomic mass is 10.1. The first-order chi connectivity index (χ1) is 15.6. The van der Waals surface area contributed by atoms with E-state index in [2.05, 4.69) is 10.4 Å². The molecule has 1 N–H and O–H groups in total. The van der Waals surface area contributed by atoms with Gasteiger partial charge < -0.3 is 14.8 Å². The number of nitrogens with zero attached hydrogens (tertiary/aromatic N) is 2. The summed E-state index contributed by atoms with van der Waals surface area (Å²) in [6.07, 6.45) is 0. The van der Waals surface area contributed by atoms with Crippen LogP contribution < -0.4 is 14.8 Å². The van der Waals surface area contributed by atoms with Crippen LogP contribution in [0.25, 0.3) is 16.9 Å². The van der Waals surface area contributed by atoms with Gasteiger partial charge in [-0.25, -0.2) is 9.07 Å². The van der Waals surface area contributed by atoms with E-state index in [1.54, 1.807) is 37.1 Å². The lowest BCUT2D eigenvalue weighted by Crippen LogP contribution is -2.25. The summed E-state index contributed by atoms with van der Waals surface area (Å²) in [5.41, 5.74) is 3.40. The summed E-state index contributed by atoms with van der Waals surface area (Å²) < 4.78 is 25.2. The number of carbonyl (C=O) groups is 1. The number of amides is 1. The first-order valence-electron chi connectivity index (χ1n) is 9.99. The van der Waals surface area contributed by atoms with Gasteiger partial charge in [0.25, 0.3) is 5.91 Å². The van der Waals surface area contributed by atoms with Crippen molar-refractivity contribution in [2.45, 2.75) is 6.54 Å². The van der Waals surface area contributed by atoms with E-state index >= 15 is 0 Å². The van der Waals surface area contributed by atoms with Crippen LogP contribution in [-0.2, 0) is 6.54 Å². The zero-order valence-corrected chi connectivity index (χ0v) is 17.7. The van der Waals surface area contributed by atoms with Gasteiger partial charge in [0.15, 0.2) is 0 Å². The van der Waals surface area contributed by atoms with E-state index in [-0.39, 0.29) is 18.3 Å². The molecule has 3 aromatic carbocycles. The van der Waals surface area contributed by atoms with Gasteiger partial charge in [0.05, 0.1) is 25.6 Å². The average molecular weight is 431 g/mol. The Kier molecular flexibility index (Phi) is 6.17. The molecule has 162 valence electrons. The molecule has 0 bridgehead atoms. The molecule has 0 aliphatic carbocycles. The molecule has 0 spiro atoms. The smallest absolute Gasteiger partial charge is 0.270 e. The molecule has 1 heterocycles. The standard InChI is InChI=1S/C25H22FN3O3/c1-31-21-11-5-18(6-12-21)23-15-24(25(30)27-16-17-3-7-19(26)8-4-17)29(28-23)20-9-13-22(32-2)14-10-20/h3-15H,16H2,1-2H3,(H,27,30). The highest BCUT2D eigenvalue weighted by atomic mass is 19.1. The number of carbonyl (C=O) groups excluding carboxylic acids is 1. The van der Waals surface area contributed by atoms with Crippen LogP contribution in [0.2, 0.25) is 0 Å². The Morgan fingerprint density at radius 2 is 1.50 bits per heavy atom. The zero-order chi connectivity index (χ0) is 22.5. The minimum Gasteiger partial charge on any atom is -0.497 e. The molecule has 4 aromatic rings. The normalized spacial score (nSPS) is 10.6. The molecule has 0 atom stereocenters. The van der Waals surface area contributed by atoms with Gasteiger partial charge in [-0.15, -0.1) is 0 Å². The Hall–Kier alpha value is -4.13. The predicted molar refractivity (Wildman–Crippen MR) is 120 cm³/mol. The number of nitrogens with one attached hydrogen (secondary N) is 1. The van der Waals surface area contributed by atoms with Gasteiger partial charge in [-0.1, -0.05) is 12.1 Å². The number of rotatable bonds is 7. The monoisotopic (exact) mass is 431 g/mol. The highest BCUT2D eigenvalue weighted by Crippen LogP contribution is 2.25. The van der Waals surface area contributed by atoms with Crippen molar-refractivity contribution in [3.8, 4) is 28.4 Å². The summed E-state index contributed by atoms with van der Waals surface area (Å²) in [5.74, 6) is 0.832. The number of benzene rings is 3. The summed E-state index contributed by atoms with van der Waals surface area (Å²) in [7, 11) is 3.20. The summed E-state index contributed by atoms with van der Waals surface area (Å²) in [6.45, 7) is 0.269. The second-order valence-electron chi connectivity index (χ2n) is 7.06. The van der Waals surface area contributed by atoms with E-state index < -0.39 is 0 Å². The van der Waals surface area contributed by atoms with Crippen molar-refractivity contribution in [3.05, 3.63) is 95.9 Å². The van der Waals surface area contributed by atoms with Crippen LogP contribution in [0.1, 0.15) is 16.1 Å². The number of methoxy groups -OCH3 is 2. The SMILES string of the molecule is COc1ccc(-c2cc(C(=O)NCc3ccc(F)cc3)n(-c3ccc(OC)cc3)n2)cc1. The van der Waals surface area contributed by atoms with Crippen molar-refractivity contribution in [2.75, 3.05) is 14.2 Å². The Labute approximate surface area is 185 Å². The van der Waals surface area contributed by atoms with Crippen molar-refractivity contribution in [3.63, 3.8) is 0 Å². The van der Waals surface area contributed by atoms with E-state index in [4.69, 9.17) is 9.47 Å². The average Bonchev–Trinajstić information content (AvgIpc) is 3.29. The molecule has 0 saturated heterocycles. The van der Waals surface area contributed by atoms with Crippen LogP contribution in [0, 0.1) is 5.82 Å². The summed E-state index contributed by atoms with van der Waals surface area (Å²) >= 11 is 0. The van der Waals surface area contributed by atoms with Crippen molar-refractivity contribution >= 4 is 5.91 Å². The highest BCUT2D eigenvalue weighted by Gasteiger charge is 2.18. The maximum Gasteiger partial charge on any atom is 0.270 e. The van der Waals surface area contributed by atoms with Gasteiger partial charge in [-0.2, -0.15) is 5.10 Å². The van der Waals surface area contributed by atoms with Crippen LogP contribution in [0.3, 0.4) is 0 Å². The summed E-state index contributed by atoms with van der Waals surface area (Å²) in [6, 6.07) is 22.5. The molecular weight excluding hydrogens is 409 g/mol. The fourth-order valence-electron chi connectivity index (χ4n) is 3.24. The molecule has 7 heteroatoms. The van der Waals surface area contributed by atoms with Crippen LogP contribution in [0.5, 0.6) is 11.5 Å². The fraction of sp³-hybridized carbons (Fsp3) is 0.120. The number of aromatic nitrogens is 2. The predicted octanol–water partition coefficient (Wildman–Crippen LogP) is 4.63. The van der Waals surface area contributed by atoms with Crippen molar-refractivity contribution in [1.82, 2.24) is 15.1 Å². The van der Waals surface area contributed by atoms with Crippen LogP contribution in [0.4, 0.5) is 4.39 Å². The maximum absolute atomic E-state index is 13.1. The number of hydrogen-bond acceptors (Lipinski definition) is 4. The first-order valence-corrected chi connectivity index (χ1v) is 9.99. The Morgan fingerprint density at radius 1 is 0.906 bits per heavy atom. The molecule has 6 nitrogen and oxygen atoms in total. The van der Waals surface area contributed by atoms with E-state index in [0.29, 0.717) is 17.1 Å².